The summed E-state index contributed by atoms with van der Waals surface area (Å²) in [5.41, 5.74) is 0.565. The molecule has 2 aromatic heterocycles. The molecule has 0 saturated carbocycles. The molecule has 9 nitrogen and oxygen atoms in total. The van der Waals surface area contributed by atoms with E-state index in [1.807, 2.05) is 6.92 Å². The predicted octanol–water partition coefficient (Wildman–Crippen LogP) is 2.14. The second kappa shape index (κ2) is 8.98. The second-order valence-electron chi connectivity index (χ2n) is 8.13. The lowest BCUT2D eigenvalue weighted by atomic mass is 9.98. The van der Waals surface area contributed by atoms with Crippen LogP contribution < -0.4 is 5.32 Å². The number of benzene rings is 1. The molecule has 0 aliphatic carbocycles. The predicted molar refractivity (Wildman–Crippen MR) is 121 cm³/mol. The molecule has 0 bridgehead atoms. The number of carbonyl (C=O) groups excluding carboxylic acids is 2. The van der Waals surface area contributed by atoms with Gasteiger partial charge in [0.1, 0.15) is 11.3 Å². The number of pyridine rings is 2. The van der Waals surface area contributed by atoms with Crippen LogP contribution in [-0.4, -0.2) is 59.6 Å². The zero-order valence-electron chi connectivity index (χ0n) is 18.6. The molecule has 1 aliphatic rings. The van der Waals surface area contributed by atoms with E-state index < -0.39 is 27.3 Å². The summed E-state index contributed by atoms with van der Waals surface area (Å²) in [7, 11) is -3.74. The lowest BCUT2D eigenvalue weighted by molar-refractivity contribution is -0.127. The molecule has 3 aromatic rings. The highest BCUT2D eigenvalue weighted by Gasteiger charge is 2.33. The SMILES string of the molecule is CCN1CC(c2nc(C(=O)NCc3ccc(F)cc3S(C)(=O)=O)c(O)c3ncccc23)CC1=O. The number of halogens is 1. The highest BCUT2D eigenvalue weighted by molar-refractivity contribution is 7.90. The minimum absolute atomic E-state index is 0.0185. The standard InChI is InChI=1S/C23H23FN4O5S/c1-3-28-12-14(9-18(28)29)19-16-5-4-8-25-20(16)22(30)21(27-19)23(31)26-11-13-6-7-15(24)10-17(13)34(2,32)33/h4-8,10,14,30H,3,9,11-12H2,1-2H3,(H,26,31). The lowest BCUT2D eigenvalue weighted by Gasteiger charge is -2.17. The van der Waals surface area contributed by atoms with Gasteiger partial charge in [-0.1, -0.05) is 6.07 Å². The Balaban J connectivity index is 1.69. The van der Waals surface area contributed by atoms with E-state index in [0.29, 0.717) is 24.2 Å². The van der Waals surface area contributed by atoms with E-state index in [1.165, 1.54) is 12.3 Å². The number of nitrogens with zero attached hydrogens (tertiary/aromatic N) is 3. The Kier molecular flexibility index (Phi) is 6.22. The van der Waals surface area contributed by atoms with Crippen molar-refractivity contribution < 1.29 is 27.5 Å². The molecule has 1 atom stereocenters. The summed E-state index contributed by atoms with van der Waals surface area (Å²) < 4.78 is 37.6. The zero-order chi connectivity index (χ0) is 24.6. The molecule has 1 saturated heterocycles. The van der Waals surface area contributed by atoms with Crippen LogP contribution in [0.2, 0.25) is 0 Å². The Morgan fingerprint density at radius 3 is 2.76 bits per heavy atom. The van der Waals surface area contributed by atoms with Gasteiger partial charge >= 0.3 is 0 Å². The van der Waals surface area contributed by atoms with Crippen molar-refractivity contribution in [2.45, 2.75) is 30.7 Å². The minimum Gasteiger partial charge on any atom is -0.504 e. The number of sulfone groups is 1. The fraction of sp³-hybridized carbons (Fsp3) is 0.304. The van der Waals surface area contributed by atoms with Crippen molar-refractivity contribution in [3.63, 3.8) is 0 Å². The van der Waals surface area contributed by atoms with E-state index in [9.17, 15) is 27.5 Å². The van der Waals surface area contributed by atoms with Crippen LogP contribution in [0.3, 0.4) is 0 Å². The lowest BCUT2D eigenvalue weighted by Crippen LogP contribution is -2.26. The first-order valence-corrected chi connectivity index (χ1v) is 12.5. The molecule has 0 spiro atoms. The van der Waals surface area contributed by atoms with Gasteiger partial charge in [0.15, 0.2) is 21.3 Å². The Bertz CT molecular complexity index is 1410. The van der Waals surface area contributed by atoms with E-state index in [0.717, 1.165) is 18.4 Å². The molecule has 3 heterocycles. The van der Waals surface area contributed by atoms with Gasteiger partial charge in [-0.3, -0.25) is 14.6 Å². The number of likely N-dealkylation sites (tertiary alicyclic amines) is 1. The molecule has 1 fully saturated rings. The molecule has 0 radical (unpaired) electrons. The van der Waals surface area contributed by atoms with Crippen molar-refractivity contribution in [1.29, 1.82) is 0 Å². The molecular formula is C23H23FN4O5S. The van der Waals surface area contributed by atoms with Crippen LogP contribution in [0.25, 0.3) is 10.9 Å². The molecule has 178 valence electrons. The fourth-order valence-electron chi connectivity index (χ4n) is 4.16. The summed E-state index contributed by atoms with van der Waals surface area (Å²) in [4.78, 5) is 35.4. The van der Waals surface area contributed by atoms with E-state index in [-0.39, 0.29) is 46.5 Å². The summed E-state index contributed by atoms with van der Waals surface area (Å²) in [5.74, 6) is -2.19. The second-order valence-corrected chi connectivity index (χ2v) is 10.1. The Morgan fingerprint density at radius 2 is 2.09 bits per heavy atom. The van der Waals surface area contributed by atoms with Gasteiger partial charge in [-0.2, -0.15) is 0 Å². The van der Waals surface area contributed by atoms with Gasteiger partial charge in [0.2, 0.25) is 5.91 Å². The van der Waals surface area contributed by atoms with E-state index >= 15 is 0 Å². The quantitative estimate of drug-likeness (QED) is 0.546. The summed E-state index contributed by atoms with van der Waals surface area (Å²) >= 11 is 0. The first kappa shape index (κ1) is 23.6. The first-order valence-electron chi connectivity index (χ1n) is 10.6. The number of aromatic nitrogens is 2. The van der Waals surface area contributed by atoms with Gasteiger partial charge in [0, 0.05) is 49.8 Å². The zero-order valence-corrected chi connectivity index (χ0v) is 19.4. The Labute approximate surface area is 195 Å². The smallest absolute Gasteiger partial charge is 0.274 e. The van der Waals surface area contributed by atoms with Crippen molar-refractivity contribution in [3.05, 3.63) is 59.3 Å². The highest BCUT2D eigenvalue weighted by Crippen LogP contribution is 2.35. The molecule has 1 unspecified atom stereocenters. The van der Waals surface area contributed by atoms with Gasteiger partial charge in [0.05, 0.1) is 10.6 Å². The van der Waals surface area contributed by atoms with E-state index in [4.69, 9.17) is 0 Å². The van der Waals surface area contributed by atoms with Crippen molar-refractivity contribution in [3.8, 4) is 5.75 Å². The first-order chi connectivity index (χ1) is 16.1. The number of fused-ring (bicyclic) bond motifs is 1. The third-order valence-electron chi connectivity index (χ3n) is 5.83. The summed E-state index contributed by atoms with van der Waals surface area (Å²) in [5, 5.41) is 13.8. The van der Waals surface area contributed by atoms with Gasteiger partial charge in [-0.25, -0.2) is 17.8 Å². The van der Waals surface area contributed by atoms with Gasteiger partial charge in [0.25, 0.3) is 5.91 Å². The van der Waals surface area contributed by atoms with Crippen LogP contribution >= 0.6 is 0 Å². The molecular weight excluding hydrogens is 463 g/mol. The maximum Gasteiger partial charge on any atom is 0.274 e. The molecule has 2 amide bonds. The number of aromatic hydroxyl groups is 1. The summed E-state index contributed by atoms with van der Waals surface area (Å²) in [6.07, 6.45) is 2.65. The average molecular weight is 487 g/mol. The third kappa shape index (κ3) is 4.43. The average Bonchev–Trinajstić information content (AvgIpc) is 3.18. The van der Waals surface area contributed by atoms with Crippen LogP contribution in [0.15, 0.2) is 41.4 Å². The van der Waals surface area contributed by atoms with E-state index in [2.05, 4.69) is 15.3 Å². The number of nitrogens with one attached hydrogen (secondary N) is 1. The van der Waals surface area contributed by atoms with E-state index in [1.54, 1.807) is 17.0 Å². The minimum atomic E-state index is -3.74. The Hall–Kier alpha value is -3.60. The van der Waals surface area contributed by atoms with Crippen LogP contribution in [0, 0.1) is 5.82 Å². The summed E-state index contributed by atoms with van der Waals surface area (Å²) in [6, 6.07) is 6.67. The molecule has 4 rings (SSSR count). The monoisotopic (exact) mass is 486 g/mol. The number of hydrogen-bond donors (Lipinski definition) is 2. The topological polar surface area (TPSA) is 130 Å². The number of hydrogen-bond acceptors (Lipinski definition) is 7. The molecule has 1 aliphatic heterocycles. The van der Waals surface area contributed by atoms with Gasteiger partial charge < -0.3 is 15.3 Å². The highest BCUT2D eigenvalue weighted by atomic mass is 32.2. The maximum atomic E-state index is 13.6. The van der Waals surface area contributed by atoms with Crippen molar-refractivity contribution in [1.82, 2.24) is 20.2 Å². The molecule has 34 heavy (non-hydrogen) atoms. The van der Waals surface area contributed by atoms with Crippen molar-refractivity contribution in [2.75, 3.05) is 19.3 Å². The number of carbonyl (C=O) groups is 2. The van der Waals surface area contributed by atoms with Crippen molar-refractivity contribution in [2.24, 2.45) is 0 Å². The van der Waals surface area contributed by atoms with Crippen molar-refractivity contribution >= 4 is 32.6 Å². The van der Waals surface area contributed by atoms with Crippen LogP contribution in [0.4, 0.5) is 4.39 Å². The molecule has 11 heteroatoms. The van der Waals surface area contributed by atoms with Crippen LogP contribution in [0.1, 0.15) is 41.0 Å². The maximum absolute atomic E-state index is 13.6. The van der Waals surface area contributed by atoms with Gasteiger partial charge in [-0.05, 0) is 36.8 Å². The molecule has 1 aromatic carbocycles. The third-order valence-corrected chi connectivity index (χ3v) is 7.01. The number of amides is 2. The normalized spacial score (nSPS) is 16.3. The van der Waals surface area contributed by atoms with Gasteiger partial charge in [-0.15, -0.1) is 0 Å². The largest absolute Gasteiger partial charge is 0.504 e. The molecule has 2 N–H and O–H groups in total. The van der Waals surface area contributed by atoms with Crippen LogP contribution in [-0.2, 0) is 21.2 Å². The fourth-order valence-corrected chi connectivity index (χ4v) is 5.10. The number of likely N-dealkylation sites (N-methyl/N-ethyl adjacent to an activating group) is 1. The number of rotatable bonds is 6. The summed E-state index contributed by atoms with van der Waals surface area (Å²) in [6.45, 7) is 2.63. The van der Waals surface area contributed by atoms with Crippen LogP contribution in [0.5, 0.6) is 5.75 Å². The Morgan fingerprint density at radius 1 is 1.32 bits per heavy atom.